The molecule has 0 amide bonds. The molecule has 2 N–H and O–H groups in total. The molecule has 0 fully saturated rings. The summed E-state index contributed by atoms with van der Waals surface area (Å²) in [5, 5.41) is 12.1. The predicted molar refractivity (Wildman–Crippen MR) is 88.4 cm³/mol. The highest BCUT2D eigenvalue weighted by Gasteiger charge is 2.21. The van der Waals surface area contributed by atoms with Crippen LogP contribution in [0.5, 0.6) is 0 Å². The topological polar surface area (TPSA) is 115 Å². The number of hydrogen-bond donors (Lipinski definition) is 2. The van der Waals surface area contributed by atoms with E-state index in [1.165, 1.54) is 24.9 Å². The van der Waals surface area contributed by atoms with E-state index in [1.54, 1.807) is 6.92 Å². The van der Waals surface area contributed by atoms with Crippen molar-refractivity contribution in [2.24, 2.45) is 14.1 Å². The third-order valence-corrected chi connectivity index (χ3v) is 3.60. The number of anilines is 1. The lowest BCUT2D eigenvalue weighted by Gasteiger charge is -2.15. The molecule has 9 heteroatoms. The van der Waals surface area contributed by atoms with Crippen molar-refractivity contribution in [1.29, 1.82) is 0 Å². The average molecular weight is 336 g/mol. The van der Waals surface area contributed by atoms with Gasteiger partial charge in [-0.3, -0.25) is 13.9 Å². The number of nitrogens with zero attached hydrogens (tertiary/aromatic N) is 3. The van der Waals surface area contributed by atoms with Crippen molar-refractivity contribution in [2.75, 3.05) is 25.1 Å². The number of carbonyl (C=O) groups excluding carboxylic acids is 1. The number of aliphatic hydroxyl groups excluding tert-OH is 1. The maximum Gasteiger partial charge on any atom is 0.341 e. The zero-order valence-corrected chi connectivity index (χ0v) is 13.8. The first-order valence-corrected chi connectivity index (χ1v) is 7.54. The molecule has 0 saturated carbocycles. The molecule has 0 aliphatic heterocycles. The average Bonchev–Trinajstić information content (AvgIpc) is 2.57. The minimum absolute atomic E-state index is 0.0404. The Morgan fingerprint density at radius 1 is 1.33 bits per heavy atom. The molecule has 0 saturated heterocycles. The molecule has 0 aliphatic rings. The van der Waals surface area contributed by atoms with Crippen LogP contribution in [0.25, 0.3) is 11.0 Å². The van der Waals surface area contributed by atoms with Crippen molar-refractivity contribution in [3.05, 3.63) is 32.6 Å². The molecule has 2 aromatic heterocycles. The first-order chi connectivity index (χ1) is 11.4. The fraction of sp³-hybridized carbons (Fsp3) is 0.467. The second-order valence-electron chi connectivity index (χ2n) is 5.18. The smallest absolute Gasteiger partial charge is 0.341 e. The van der Waals surface area contributed by atoms with E-state index in [2.05, 4.69) is 10.3 Å². The number of rotatable bonds is 6. The summed E-state index contributed by atoms with van der Waals surface area (Å²) in [6.07, 6.45) is 1.71. The Balaban J connectivity index is 2.80. The maximum absolute atomic E-state index is 12.6. The quantitative estimate of drug-likeness (QED) is 0.545. The maximum atomic E-state index is 12.6. The van der Waals surface area contributed by atoms with E-state index in [-0.39, 0.29) is 35.5 Å². The van der Waals surface area contributed by atoms with Gasteiger partial charge in [-0.25, -0.2) is 14.6 Å². The van der Waals surface area contributed by atoms with Crippen LogP contribution < -0.4 is 16.6 Å². The second-order valence-corrected chi connectivity index (χ2v) is 5.18. The molecule has 2 rings (SSSR count). The fourth-order valence-electron chi connectivity index (χ4n) is 2.37. The van der Waals surface area contributed by atoms with E-state index in [0.717, 1.165) is 4.57 Å². The Morgan fingerprint density at radius 3 is 2.67 bits per heavy atom. The van der Waals surface area contributed by atoms with Crippen LogP contribution in [-0.2, 0) is 18.8 Å². The summed E-state index contributed by atoms with van der Waals surface area (Å²) >= 11 is 0. The van der Waals surface area contributed by atoms with Crippen LogP contribution in [0.3, 0.4) is 0 Å². The zero-order chi connectivity index (χ0) is 17.9. The summed E-state index contributed by atoms with van der Waals surface area (Å²) in [7, 11) is 2.86. The molecule has 2 heterocycles. The van der Waals surface area contributed by atoms with E-state index in [4.69, 9.17) is 9.84 Å². The Bertz CT molecular complexity index is 884. The van der Waals surface area contributed by atoms with Crippen molar-refractivity contribution < 1.29 is 14.6 Å². The van der Waals surface area contributed by atoms with E-state index in [9.17, 15) is 14.4 Å². The molecule has 9 nitrogen and oxygen atoms in total. The summed E-state index contributed by atoms with van der Waals surface area (Å²) in [6.45, 7) is 2.15. The van der Waals surface area contributed by atoms with Gasteiger partial charge < -0.3 is 15.2 Å². The number of pyridine rings is 1. The number of nitrogens with one attached hydrogen (secondary N) is 1. The number of carbonyl (C=O) groups is 1. The molecule has 24 heavy (non-hydrogen) atoms. The molecule has 0 spiro atoms. The highest BCUT2D eigenvalue weighted by Crippen LogP contribution is 2.23. The molecule has 0 atom stereocenters. The number of aryl methyl sites for hydroxylation is 1. The van der Waals surface area contributed by atoms with Gasteiger partial charge in [-0.1, -0.05) is 0 Å². The van der Waals surface area contributed by atoms with E-state index in [0.29, 0.717) is 13.0 Å². The molecule has 0 aromatic carbocycles. The van der Waals surface area contributed by atoms with Crippen LogP contribution >= 0.6 is 0 Å². The van der Waals surface area contributed by atoms with Crippen molar-refractivity contribution in [3.63, 3.8) is 0 Å². The van der Waals surface area contributed by atoms with Gasteiger partial charge in [0.1, 0.15) is 10.9 Å². The Morgan fingerprint density at radius 2 is 2.04 bits per heavy atom. The standard InChI is InChI=1S/C15H20N4O5/c1-4-24-14(22)9-8-17-12-10(11(9)16-6-5-7-20)13(21)19(3)15(23)18(12)2/h8,20H,4-7H2,1-3H3,(H,16,17). The van der Waals surface area contributed by atoms with Crippen LogP contribution in [0.2, 0.25) is 0 Å². The first-order valence-electron chi connectivity index (χ1n) is 7.54. The summed E-state index contributed by atoms with van der Waals surface area (Å²) in [4.78, 5) is 40.8. The number of aliphatic hydroxyl groups is 1. The molecule has 0 radical (unpaired) electrons. The highest BCUT2D eigenvalue weighted by molar-refractivity contribution is 6.03. The normalized spacial score (nSPS) is 10.8. The minimum atomic E-state index is -0.616. The molecular weight excluding hydrogens is 316 g/mol. The molecule has 0 aliphatic carbocycles. The van der Waals surface area contributed by atoms with Crippen LogP contribution in [0.4, 0.5) is 5.69 Å². The SMILES string of the molecule is CCOC(=O)c1cnc2c(c1NCCCO)c(=O)n(C)c(=O)n2C. The predicted octanol–water partition coefficient (Wildman–Crippen LogP) is -0.397. The monoisotopic (exact) mass is 336 g/mol. The minimum Gasteiger partial charge on any atom is -0.462 e. The van der Waals surface area contributed by atoms with E-state index >= 15 is 0 Å². The summed E-state index contributed by atoms with van der Waals surface area (Å²) in [6, 6.07) is 0. The van der Waals surface area contributed by atoms with Crippen LogP contribution in [0.1, 0.15) is 23.7 Å². The van der Waals surface area contributed by atoms with Gasteiger partial charge in [-0.2, -0.15) is 0 Å². The van der Waals surface area contributed by atoms with Crippen molar-refractivity contribution in [1.82, 2.24) is 14.1 Å². The van der Waals surface area contributed by atoms with Gasteiger partial charge in [0.25, 0.3) is 5.56 Å². The summed E-state index contributed by atoms with van der Waals surface area (Å²) < 4.78 is 7.20. The number of ether oxygens (including phenoxy) is 1. The first kappa shape index (κ1) is 17.7. The molecule has 0 unspecified atom stereocenters. The van der Waals surface area contributed by atoms with Gasteiger partial charge in [0, 0.05) is 33.4 Å². The zero-order valence-electron chi connectivity index (χ0n) is 13.8. The van der Waals surface area contributed by atoms with Crippen LogP contribution in [-0.4, -0.2) is 45.0 Å². The number of fused-ring (bicyclic) bond motifs is 1. The lowest BCUT2D eigenvalue weighted by atomic mass is 10.1. The summed E-state index contributed by atoms with van der Waals surface area (Å²) in [5.74, 6) is -0.616. The van der Waals surface area contributed by atoms with Gasteiger partial charge in [-0.15, -0.1) is 0 Å². The molecule has 2 aromatic rings. The van der Waals surface area contributed by atoms with E-state index in [1.807, 2.05) is 0 Å². The number of aromatic nitrogens is 3. The summed E-state index contributed by atoms with van der Waals surface area (Å²) in [5.41, 5.74) is -0.535. The Hall–Kier alpha value is -2.68. The van der Waals surface area contributed by atoms with Crippen LogP contribution in [0, 0.1) is 0 Å². The lowest BCUT2D eigenvalue weighted by molar-refractivity contribution is 0.0527. The Labute approximate surface area is 137 Å². The van der Waals surface area contributed by atoms with Crippen molar-refractivity contribution in [2.45, 2.75) is 13.3 Å². The highest BCUT2D eigenvalue weighted by atomic mass is 16.5. The number of hydrogen-bond acceptors (Lipinski definition) is 7. The van der Waals surface area contributed by atoms with E-state index < -0.39 is 17.2 Å². The van der Waals surface area contributed by atoms with Gasteiger partial charge >= 0.3 is 11.7 Å². The third-order valence-electron chi connectivity index (χ3n) is 3.60. The van der Waals surface area contributed by atoms with Crippen molar-refractivity contribution >= 4 is 22.7 Å². The van der Waals surface area contributed by atoms with Gasteiger partial charge in [-0.05, 0) is 13.3 Å². The molecule has 130 valence electrons. The molecule has 0 bridgehead atoms. The van der Waals surface area contributed by atoms with Gasteiger partial charge in [0.2, 0.25) is 0 Å². The van der Waals surface area contributed by atoms with Crippen LogP contribution in [0.15, 0.2) is 15.8 Å². The number of esters is 1. The molecular formula is C15H20N4O5. The third kappa shape index (κ3) is 3.02. The van der Waals surface area contributed by atoms with Gasteiger partial charge in [0.15, 0.2) is 5.65 Å². The second kappa shape index (κ2) is 7.26. The lowest BCUT2D eigenvalue weighted by Crippen LogP contribution is -2.38. The van der Waals surface area contributed by atoms with Gasteiger partial charge in [0.05, 0.1) is 12.3 Å². The van der Waals surface area contributed by atoms with Crippen molar-refractivity contribution in [3.8, 4) is 0 Å². The Kier molecular flexibility index (Phi) is 5.35. The largest absolute Gasteiger partial charge is 0.462 e. The fourth-order valence-corrected chi connectivity index (χ4v) is 2.37.